The van der Waals surface area contributed by atoms with Crippen molar-refractivity contribution in [1.82, 2.24) is 5.43 Å². The third-order valence-electron chi connectivity index (χ3n) is 3.69. The lowest BCUT2D eigenvalue weighted by atomic mass is 9.95. The molecule has 1 heterocycles. The highest BCUT2D eigenvalue weighted by atomic mass is 32.2. The van der Waals surface area contributed by atoms with E-state index in [9.17, 15) is 0 Å². The van der Waals surface area contributed by atoms with Gasteiger partial charge in [0.1, 0.15) is 0 Å². The second kappa shape index (κ2) is 5.89. The third kappa shape index (κ3) is 3.03. The lowest BCUT2D eigenvalue weighted by Gasteiger charge is -2.24. The zero-order chi connectivity index (χ0) is 12.3. The molecule has 1 aromatic rings. The molecule has 0 amide bonds. The Morgan fingerprint density at radius 2 is 2.24 bits per heavy atom. The molecular weight excluding hydrogens is 228 g/mol. The number of nitrogens with one attached hydrogen (secondary N) is 1. The van der Waals surface area contributed by atoms with Crippen LogP contribution in [0.5, 0.6) is 0 Å². The minimum atomic E-state index is 0.419. The van der Waals surface area contributed by atoms with Crippen LogP contribution in [0.3, 0.4) is 0 Å². The van der Waals surface area contributed by atoms with E-state index in [0.29, 0.717) is 11.3 Å². The Balaban J connectivity index is 2.00. The molecule has 0 spiro atoms. The van der Waals surface area contributed by atoms with Gasteiger partial charge in [0.15, 0.2) is 0 Å². The van der Waals surface area contributed by atoms with E-state index in [1.54, 1.807) is 0 Å². The summed E-state index contributed by atoms with van der Waals surface area (Å²) in [6.45, 7) is 4.55. The molecule has 3 heteroatoms. The molecule has 2 nitrogen and oxygen atoms in total. The summed E-state index contributed by atoms with van der Waals surface area (Å²) in [5.41, 5.74) is 4.50. The van der Waals surface area contributed by atoms with Gasteiger partial charge < -0.3 is 0 Å². The van der Waals surface area contributed by atoms with Crippen LogP contribution in [-0.4, -0.2) is 11.3 Å². The number of thioether (sulfide) groups is 1. The molecule has 2 rings (SSSR count). The Morgan fingerprint density at radius 1 is 1.47 bits per heavy atom. The summed E-state index contributed by atoms with van der Waals surface area (Å²) in [4.78, 5) is 1.43. The highest BCUT2D eigenvalue weighted by Gasteiger charge is 2.29. The molecule has 3 N–H and O–H groups in total. The van der Waals surface area contributed by atoms with Crippen molar-refractivity contribution < 1.29 is 0 Å². The monoisotopic (exact) mass is 250 g/mol. The standard InChI is InChI=1S/C14H22N2S/c1-3-10(2)8-12(16-15)14-9-11-6-4-5-7-13(11)17-14/h4-7,10,12,14,16H,3,8-9,15H2,1-2H3. The lowest BCUT2D eigenvalue weighted by Crippen LogP contribution is -2.43. The second-order valence-corrected chi connectivity index (χ2v) is 6.27. The molecule has 3 unspecified atom stereocenters. The fourth-order valence-corrected chi connectivity index (χ4v) is 3.76. The van der Waals surface area contributed by atoms with Gasteiger partial charge in [0.25, 0.3) is 0 Å². The first-order chi connectivity index (χ1) is 8.24. The number of nitrogens with two attached hydrogens (primary N) is 1. The Bertz CT molecular complexity index is 342. The quantitative estimate of drug-likeness (QED) is 0.623. The van der Waals surface area contributed by atoms with Crippen LogP contribution < -0.4 is 11.3 Å². The Hall–Kier alpha value is -0.510. The number of hydrogen-bond acceptors (Lipinski definition) is 3. The van der Waals surface area contributed by atoms with E-state index < -0.39 is 0 Å². The molecule has 1 aliphatic heterocycles. The average Bonchev–Trinajstić information content (AvgIpc) is 2.78. The van der Waals surface area contributed by atoms with E-state index >= 15 is 0 Å². The number of hydrogen-bond donors (Lipinski definition) is 2. The van der Waals surface area contributed by atoms with E-state index in [0.717, 1.165) is 12.3 Å². The first-order valence-corrected chi connectivity index (χ1v) is 7.33. The summed E-state index contributed by atoms with van der Waals surface area (Å²) >= 11 is 1.98. The van der Waals surface area contributed by atoms with Gasteiger partial charge in [-0.25, -0.2) is 0 Å². The van der Waals surface area contributed by atoms with Crippen LogP contribution in [0.4, 0.5) is 0 Å². The molecule has 0 fully saturated rings. The Morgan fingerprint density at radius 3 is 2.88 bits per heavy atom. The first kappa shape index (κ1) is 12.9. The van der Waals surface area contributed by atoms with Crippen LogP contribution in [0.2, 0.25) is 0 Å². The van der Waals surface area contributed by atoms with Gasteiger partial charge in [0, 0.05) is 16.2 Å². The van der Waals surface area contributed by atoms with Crippen molar-refractivity contribution >= 4 is 11.8 Å². The maximum Gasteiger partial charge on any atom is 0.0338 e. The molecule has 1 aliphatic rings. The van der Waals surface area contributed by atoms with Gasteiger partial charge >= 0.3 is 0 Å². The SMILES string of the molecule is CCC(C)CC(NN)C1Cc2ccccc2S1. The first-order valence-electron chi connectivity index (χ1n) is 6.45. The molecule has 17 heavy (non-hydrogen) atoms. The van der Waals surface area contributed by atoms with Gasteiger partial charge in [-0.1, -0.05) is 38.5 Å². The van der Waals surface area contributed by atoms with Crippen molar-refractivity contribution in [3.8, 4) is 0 Å². The minimum absolute atomic E-state index is 0.419. The minimum Gasteiger partial charge on any atom is -0.271 e. The van der Waals surface area contributed by atoms with Crippen LogP contribution in [-0.2, 0) is 6.42 Å². The largest absolute Gasteiger partial charge is 0.271 e. The Kier molecular flexibility index (Phi) is 4.48. The predicted molar refractivity (Wildman–Crippen MR) is 75.0 cm³/mol. The highest BCUT2D eigenvalue weighted by molar-refractivity contribution is 8.00. The summed E-state index contributed by atoms with van der Waals surface area (Å²) in [6, 6.07) is 9.12. The van der Waals surface area contributed by atoms with Crippen molar-refractivity contribution in [3.05, 3.63) is 29.8 Å². The van der Waals surface area contributed by atoms with Gasteiger partial charge in [0.05, 0.1) is 0 Å². The zero-order valence-electron chi connectivity index (χ0n) is 10.6. The maximum atomic E-state index is 5.73. The zero-order valence-corrected chi connectivity index (χ0v) is 11.5. The number of benzene rings is 1. The maximum absolute atomic E-state index is 5.73. The highest BCUT2D eigenvalue weighted by Crippen LogP contribution is 2.39. The summed E-state index contributed by atoms with van der Waals surface area (Å²) in [7, 11) is 0. The summed E-state index contributed by atoms with van der Waals surface area (Å²) in [6.07, 6.45) is 3.54. The van der Waals surface area contributed by atoms with Crippen LogP contribution in [0.25, 0.3) is 0 Å². The molecule has 0 radical (unpaired) electrons. The van der Waals surface area contributed by atoms with Crippen molar-refractivity contribution in [2.45, 2.75) is 49.3 Å². The topological polar surface area (TPSA) is 38.0 Å². The smallest absolute Gasteiger partial charge is 0.0338 e. The van der Waals surface area contributed by atoms with Crippen LogP contribution in [0.1, 0.15) is 32.3 Å². The molecule has 94 valence electrons. The van der Waals surface area contributed by atoms with E-state index in [-0.39, 0.29) is 0 Å². The van der Waals surface area contributed by atoms with Crippen molar-refractivity contribution in [2.75, 3.05) is 0 Å². The molecule has 0 saturated heterocycles. The Labute approximate surface area is 108 Å². The molecule has 0 saturated carbocycles. The summed E-state index contributed by atoms with van der Waals surface area (Å²) in [5, 5.41) is 0.589. The fraction of sp³-hybridized carbons (Fsp3) is 0.571. The fourth-order valence-electron chi connectivity index (χ4n) is 2.36. The van der Waals surface area contributed by atoms with Gasteiger partial charge in [-0.15, -0.1) is 11.8 Å². The third-order valence-corrected chi connectivity index (χ3v) is 5.14. The second-order valence-electron chi connectivity index (χ2n) is 4.99. The van der Waals surface area contributed by atoms with Crippen molar-refractivity contribution in [3.63, 3.8) is 0 Å². The van der Waals surface area contributed by atoms with Crippen LogP contribution >= 0.6 is 11.8 Å². The summed E-state index contributed by atoms with van der Waals surface area (Å²) < 4.78 is 0. The van der Waals surface area contributed by atoms with E-state index in [1.165, 1.54) is 23.3 Å². The van der Waals surface area contributed by atoms with E-state index in [1.807, 2.05) is 11.8 Å². The molecule has 3 atom stereocenters. The van der Waals surface area contributed by atoms with E-state index in [4.69, 9.17) is 5.84 Å². The normalized spacial score (nSPS) is 22.2. The number of rotatable bonds is 5. The van der Waals surface area contributed by atoms with Gasteiger partial charge in [0.2, 0.25) is 0 Å². The van der Waals surface area contributed by atoms with E-state index in [2.05, 4.69) is 43.5 Å². The van der Waals surface area contributed by atoms with Crippen molar-refractivity contribution in [1.29, 1.82) is 0 Å². The average molecular weight is 250 g/mol. The number of fused-ring (bicyclic) bond motifs is 1. The molecule has 0 bridgehead atoms. The van der Waals surface area contributed by atoms with Crippen molar-refractivity contribution in [2.24, 2.45) is 11.8 Å². The number of hydrazine groups is 1. The van der Waals surface area contributed by atoms with Crippen LogP contribution in [0.15, 0.2) is 29.2 Å². The molecular formula is C14H22N2S. The summed E-state index contributed by atoms with van der Waals surface area (Å²) in [5.74, 6) is 6.46. The predicted octanol–water partition coefficient (Wildman–Crippen LogP) is 2.97. The molecule has 0 aromatic heterocycles. The van der Waals surface area contributed by atoms with Gasteiger partial charge in [-0.2, -0.15) is 0 Å². The lowest BCUT2D eigenvalue weighted by molar-refractivity contribution is 0.390. The van der Waals surface area contributed by atoms with Crippen LogP contribution in [0, 0.1) is 5.92 Å². The molecule has 0 aliphatic carbocycles. The van der Waals surface area contributed by atoms with Gasteiger partial charge in [-0.3, -0.25) is 11.3 Å². The molecule has 1 aromatic carbocycles. The van der Waals surface area contributed by atoms with Gasteiger partial charge in [-0.05, 0) is 30.4 Å².